The summed E-state index contributed by atoms with van der Waals surface area (Å²) >= 11 is 0. The van der Waals surface area contributed by atoms with Gasteiger partial charge in [0.2, 0.25) is 5.91 Å². The maximum absolute atomic E-state index is 13.7. The minimum atomic E-state index is -1.15. The summed E-state index contributed by atoms with van der Waals surface area (Å²) in [7, 11) is 0. The van der Waals surface area contributed by atoms with Crippen LogP contribution in [0.1, 0.15) is 49.4 Å². The lowest BCUT2D eigenvalue weighted by molar-refractivity contribution is -0.119. The molecule has 4 nitrogen and oxygen atoms in total. The Morgan fingerprint density at radius 2 is 2.05 bits per heavy atom. The second-order valence-electron chi connectivity index (χ2n) is 5.78. The van der Waals surface area contributed by atoms with E-state index in [-0.39, 0.29) is 23.1 Å². The Bertz CT molecular complexity index is 538. The van der Waals surface area contributed by atoms with Gasteiger partial charge in [0.25, 0.3) is 0 Å². The Morgan fingerprint density at radius 3 is 2.67 bits per heavy atom. The largest absolute Gasteiger partial charge is 0.478 e. The smallest absolute Gasteiger partial charge is 0.335 e. The topological polar surface area (TPSA) is 66.4 Å². The van der Waals surface area contributed by atoms with Gasteiger partial charge in [-0.25, -0.2) is 9.18 Å². The standard InChI is InChI=1S/C16H20FNO3/c1-10(8-11-4-2-3-5-11)15(19)18-14-9-12(16(20)21)6-7-13(14)17/h6-7,9-11H,2-5,8H2,1H3,(H,18,19)(H,20,21). The van der Waals surface area contributed by atoms with Gasteiger partial charge >= 0.3 is 5.97 Å². The Hall–Kier alpha value is -1.91. The number of rotatable bonds is 5. The van der Waals surface area contributed by atoms with Crippen LogP contribution in [0.3, 0.4) is 0 Å². The molecule has 1 atom stereocenters. The van der Waals surface area contributed by atoms with E-state index in [0.717, 1.165) is 31.4 Å². The molecule has 1 aliphatic carbocycles. The van der Waals surface area contributed by atoms with Crippen LogP contribution in [0.15, 0.2) is 18.2 Å². The lowest BCUT2D eigenvalue weighted by atomic mass is 9.94. The molecule has 0 spiro atoms. The molecule has 1 aromatic rings. The van der Waals surface area contributed by atoms with Crippen LogP contribution in [0.5, 0.6) is 0 Å². The number of amides is 1. The summed E-state index contributed by atoms with van der Waals surface area (Å²) < 4.78 is 13.7. The van der Waals surface area contributed by atoms with E-state index in [2.05, 4.69) is 5.32 Å². The average Bonchev–Trinajstić information content (AvgIpc) is 2.93. The van der Waals surface area contributed by atoms with E-state index in [0.29, 0.717) is 5.92 Å². The number of hydrogen-bond acceptors (Lipinski definition) is 2. The zero-order valence-electron chi connectivity index (χ0n) is 12.1. The zero-order chi connectivity index (χ0) is 15.4. The van der Waals surface area contributed by atoms with E-state index < -0.39 is 11.8 Å². The molecule has 114 valence electrons. The lowest BCUT2D eigenvalue weighted by Crippen LogP contribution is -2.23. The Balaban J connectivity index is 2.01. The molecule has 1 aliphatic rings. The number of hydrogen-bond donors (Lipinski definition) is 2. The highest BCUT2D eigenvalue weighted by atomic mass is 19.1. The van der Waals surface area contributed by atoms with Gasteiger partial charge in [-0.2, -0.15) is 0 Å². The van der Waals surface area contributed by atoms with Gasteiger partial charge < -0.3 is 10.4 Å². The predicted molar refractivity (Wildman–Crippen MR) is 77.7 cm³/mol. The van der Waals surface area contributed by atoms with Crippen molar-refractivity contribution in [2.45, 2.75) is 39.0 Å². The lowest BCUT2D eigenvalue weighted by Gasteiger charge is -2.16. The number of aromatic carboxylic acids is 1. The number of nitrogens with one attached hydrogen (secondary N) is 1. The summed E-state index contributed by atoms with van der Waals surface area (Å²) in [6, 6.07) is 3.38. The zero-order valence-corrected chi connectivity index (χ0v) is 12.1. The maximum atomic E-state index is 13.7. The average molecular weight is 293 g/mol. The SMILES string of the molecule is CC(CC1CCCC1)C(=O)Nc1cc(C(=O)O)ccc1F. The molecular formula is C16H20FNO3. The number of halogens is 1. The molecule has 0 saturated heterocycles. The number of carbonyl (C=O) groups is 2. The summed E-state index contributed by atoms with van der Waals surface area (Å²) in [5.74, 6) is -1.67. The van der Waals surface area contributed by atoms with E-state index in [1.807, 2.05) is 6.92 Å². The summed E-state index contributed by atoms with van der Waals surface area (Å²) in [6.07, 6.45) is 5.54. The van der Waals surface area contributed by atoms with Crippen LogP contribution in [0.4, 0.5) is 10.1 Å². The van der Waals surface area contributed by atoms with Gasteiger partial charge in [0.15, 0.2) is 0 Å². The van der Waals surface area contributed by atoms with Gasteiger partial charge in [-0.3, -0.25) is 4.79 Å². The fourth-order valence-corrected chi connectivity index (χ4v) is 2.86. The molecule has 1 unspecified atom stereocenters. The van der Waals surface area contributed by atoms with Gasteiger partial charge in [0.1, 0.15) is 5.82 Å². The normalized spacial score (nSPS) is 16.7. The number of carboxylic acids is 1. The van der Waals surface area contributed by atoms with Gasteiger partial charge in [0, 0.05) is 5.92 Å². The Kier molecular flexibility index (Phi) is 4.94. The first-order chi connectivity index (χ1) is 9.97. The van der Waals surface area contributed by atoms with Gasteiger partial charge in [-0.1, -0.05) is 32.6 Å². The molecule has 1 fully saturated rings. The molecule has 5 heteroatoms. The Labute approximate surface area is 123 Å². The molecule has 0 aromatic heterocycles. The van der Waals surface area contributed by atoms with Crippen molar-refractivity contribution < 1.29 is 19.1 Å². The summed E-state index contributed by atoms with van der Waals surface area (Å²) in [5.41, 5.74) is -0.117. The van der Waals surface area contributed by atoms with Crippen LogP contribution in [0.2, 0.25) is 0 Å². The van der Waals surface area contributed by atoms with Crippen molar-refractivity contribution in [3.63, 3.8) is 0 Å². The monoisotopic (exact) mass is 293 g/mol. The van der Waals surface area contributed by atoms with Crippen molar-refractivity contribution >= 4 is 17.6 Å². The van der Waals surface area contributed by atoms with Crippen LogP contribution in [-0.4, -0.2) is 17.0 Å². The molecule has 0 bridgehead atoms. The third-order valence-corrected chi connectivity index (χ3v) is 4.08. The van der Waals surface area contributed by atoms with Crippen molar-refractivity contribution in [2.75, 3.05) is 5.32 Å². The number of carboxylic acid groups (broad SMARTS) is 1. The van der Waals surface area contributed by atoms with Crippen molar-refractivity contribution in [3.8, 4) is 0 Å². The second kappa shape index (κ2) is 6.70. The van der Waals surface area contributed by atoms with E-state index in [1.165, 1.54) is 18.9 Å². The quantitative estimate of drug-likeness (QED) is 0.870. The molecule has 2 N–H and O–H groups in total. The van der Waals surface area contributed by atoms with E-state index in [4.69, 9.17) is 5.11 Å². The molecule has 1 amide bonds. The van der Waals surface area contributed by atoms with Gasteiger partial charge in [-0.05, 0) is 30.5 Å². The van der Waals surface area contributed by atoms with Crippen LogP contribution < -0.4 is 5.32 Å². The Morgan fingerprint density at radius 1 is 1.38 bits per heavy atom. The summed E-state index contributed by atoms with van der Waals surface area (Å²) in [4.78, 5) is 23.0. The highest BCUT2D eigenvalue weighted by Gasteiger charge is 2.22. The van der Waals surface area contributed by atoms with Gasteiger partial charge in [-0.15, -0.1) is 0 Å². The van der Waals surface area contributed by atoms with Crippen molar-refractivity contribution in [3.05, 3.63) is 29.6 Å². The fourth-order valence-electron chi connectivity index (χ4n) is 2.86. The van der Waals surface area contributed by atoms with Crippen molar-refractivity contribution in [1.82, 2.24) is 0 Å². The minimum Gasteiger partial charge on any atom is -0.478 e. The van der Waals surface area contributed by atoms with E-state index >= 15 is 0 Å². The third-order valence-electron chi connectivity index (χ3n) is 4.08. The first-order valence-electron chi connectivity index (χ1n) is 7.31. The maximum Gasteiger partial charge on any atom is 0.335 e. The first-order valence-corrected chi connectivity index (χ1v) is 7.31. The predicted octanol–water partition coefficient (Wildman–Crippen LogP) is 3.68. The fraction of sp³-hybridized carbons (Fsp3) is 0.500. The number of anilines is 1. The van der Waals surface area contributed by atoms with Crippen LogP contribution in [0.25, 0.3) is 0 Å². The van der Waals surface area contributed by atoms with Crippen LogP contribution >= 0.6 is 0 Å². The molecule has 1 saturated carbocycles. The highest BCUT2D eigenvalue weighted by molar-refractivity contribution is 5.95. The van der Waals surface area contributed by atoms with Crippen molar-refractivity contribution in [2.24, 2.45) is 11.8 Å². The molecular weight excluding hydrogens is 273 g/mol. The molecule has 21 heavy (non-hydrogen) atoms. The number of benzene rings is 1. The van der Waals surface area contributed by atoms with Gasteiger partial charge in [0.05, 0.1) is 11.3 Å². The highest BCUT2D eigenvalue weighted by Crippen LogP contribution is 2.30. The van der Waals surface area contributed by atoms with Crippen LogP contribution in [0, 0.1) is 17.7 Å². The molecule has 2 rings (SSSR count). The third kappa shape index (κ3) is 4.03. The first kappa shape index (κ1) is 15.5. The minimum absolute atomic E-state index is 0.0462. The molecule has 1 aromatic carbocycles. The second-order valence-corrected chi connectivity index (χ2v) is 5.78. The summed E-state index contributed by atoms with van der Waals surface area (Å²) in [6.45, 7) is 1.83. The molecule has 0 radical (unpaired) electrons. The van der Waals surface area contributed by atoms with Crippen LogP contribution in [-0.2, 0) is 4.79 Å². The molecule has 0 heterocycles. The number of carbonyl (C=O) groups excluding carboxylic acids is 1. The van der Waals surface area contributed by atoms with E-state index in [1.54, 1.807) is 0 Å². The summed E-state index contributed by atoms with van der Waals surface area (Å²) in [5, 5.41) is 11.4. The van der Waals surface area contributed by atoms with E-state index in [9.17, 15) is 14.0 Å². The van der Waals surface area contributed by atoms with Crippen molar-refractivity contribution in [1.29, 1.82) is 0 Å². The molecule has 0 aliphatic heterocycles.